The first kappa shape index (κ1) is 32.1. The third kappa shape index (κ3) is 4.81. The topological polar surface area (TPSA) is 27.9 Å². The van der Waals surface area contributed by atoms with Gasteiger partial charge in [0.25, 0.3) is 0 Å². The van der Waals surface area contributed by atoms with E-state index >= 15 is 0 Å². The Hall–Kier alpha value is -8.37. The highest BCUT2D eigenvalue weighted by atomic mass is 15.0. The van der Waals surface area contributed by atoms with Crippen molar-refractivity contribution in [2.75, 3.05) is 0 Å². The van der Waals surface area contributed by atoms with Crippen molar-refractivity contribution < 1.29 is 0 Å². The van der Waals surface area contributed by atoms with Crippen molar-refractivity contribution in [3.05, 3.63) is 204 Å². The second-order valence-electron chi connectivity index (χ2n) is 14.3. The van der Waals surface area contributed by atoms with Gasteiger partial charge in [0.05, 0.1) is 52.8 Å². The summed E-state index contributed by atoms with van der Waals surface area (Å²) in [4.78, 5) is 11.4. The molecule has 11 rings (SSSR count). The highest BCUT2D eigenvalue weighted by Gasteiger charge is 2.19. The maximum Gasteiger partial charge on any atom is 0.189 e. The first-order chi connectivity index (χ1) is 28.1. The van der Waals surface area contributed by atoms with Crippen LogP contribution in [0.5, 0.6) is 0 Å². The van der Waals surface area contributed by atoms with Crippen LogP contribution in [0.3, 0.4) is 0 Å². The molecule has 0 atom stereocenters. The van der Waals surface area contributed by atoms with Gasteiger partial charge in [-0.25, -0.2) is 14.5 Å². The Bertz CT molecular complexity index is 3580. The van der Waals surface area contributed by atoms with Gasteiger partial charge in [-0.05, 0) is 107 Å². The first-order valence-corrected chi connectivity index (χ1v) is 18.6. The number of hydrogen-bond donors (Lipinski definition) is 0. The second-order valence-corrected chi connectivity index (χ2v) is 14.3. The van der Waals surface area contributed by atoms with E-state index in [0.29, 0.717) is 17.1 Å². The van der Waals surface area contributed by atoms with E-state index in [4.69, 9.17) is 19.7 Å². The lowest BCUT2D eigenvalue weighted by Crippen LogP contribution is -1.97. The third-order valence-electron chi connectivity index (χ3n) is 11.2. The number of fused-ring (bicyclic) bond motifs is 9. The van der Waals surface area contributed by atoms with Crippen molar-refractivity contribution in [3.63, 3.8) is 0 Å². The Kier molecular flexibility index (Phi) is 6.95. The van der Waals surface area contributed by atoms with E-state index in [-0.39, 0.29) is 0 Å². The summed E-state index contributed by atoms with van der Waals surface area (Å²) in [5.74, 6) is 0. The minimum Gasteiger partial charge on any atom is -0.311 e. The zero-order valence-corrected chi connectivity index (χ0v) is 30.3. The molecular weight excluding hydrogens is 697 g/mol. The number of rotatable bonds is 4. The third-order valence-corrected chi connectivity index (χ3v) is 11.2. The summed E-state index contributed by atoms with van der Waals surface area (Å²) in [7, 11) is 0. The van der Waals surface area contributed by atoms with E-state index < -0.39 is 0 Å². The molecule has 0 aliphatic carbocycles. The van der Waals surface area contributed by atoms with Crippen LogP contribution in [0.25, 0.3) is 108 Å². The summed E-state index contributed by atoms with van der Waals surface area (Å²) >= 11 is 0. The zero-order chi connectivity index (χ0) is 38.2. The van der Waals surface area contributed by atoms with Crippen LogP contribution in [0.4, 0.5) is 17.1 Å². The van der Waals surface area contributed by atoms with Crippen molar-refractivity contribution in [3.8, 4) is 28.2 Å². The molecule has 0 spiro atoms. The lowest BCUT2D eigenvalue weighted by Gasteiger charge is -2.14. The highest BCUT2D eigenvalue weighted by molar-refractivity contribution is 6.13. The van der Waals surface area contributed by atoms with Gasteiger partial charge in [-0.3, -0.25) is 0 Å². The molecule has 0 unspecified atom stereocenters. The van der Waals surface area contributed by atoms with Gasteiger partial charge in [-0.1, -0.05) is 84.9 Å². The molecule has 3 aromatic heterocycles. The molecule has 262 valence electrons. The van der Waals surface area contributed by atoms with E-state index in [1.54, 1.807) is 0 Å². The Morgan fingerprint density at radius 3 is 1.35 bits per heavy atom. The van der Waals surface area contributed by atoms with E-state index in [1.165, 1.54) is 10.8 Å². The molecule has 0 aliphatic rings. The quantitative estimate of drug-likeness (QED) is 0.162. The average Bonchev–Trinajstić information content (AvgIpc) is 3.91. The lowest BCUT2D eigenvalue weighted by atomic mass is 10.0. The predicted octanol–water partition coefficient (Wildman–Crippen LogP) is 14.3. The van der Waals surface area contributed by atoms with Gasteiger partial charge in [-0.15, -0.1) is 0 Å². The summed E-state index contributed by atoms with van der Waals surface area (Å²) in [6, 6.07) is 58.2. The van der Waals surface area contributed by atoms with Gasteiger partial charge in [0.2, 0.25) is 0 Å². The number of hydrogen-bond acceptors (Lipinski definition) is 0. The minimum absolute atomic E-state index is 0.538. The van der Waals surface area contributed by atoms with Crippen LogP contribution in [-0.2, 0) is 0 Å². The molecule has 57 heavy (non-hydrogen) atoms. The van der Waals surface area contributed by atoms with Crippen LogP contribution in [0, 0.1) is 19.7 Å². The molecule has 6 heteroatoms. The van der Waals surface area contributed by atoms with Gasteiger partial charge < -0.3 is 13.7 Å². The standard InChI is InChI=1S/C51H28N6/c1-52-34-20-24-50-44(29-34)42-15-6-9-18-48(42)57(50)39-27-33(25-36(28-39)54-3)32-11-10-12-37(26-32)56-49-23-19-35(53-2)30-45(49)43-22-21-38(31-51(43)56)55-46-16-7-4-13-40(46)41-14-5-8-17-47(41)55/h4-31H. The Labute approximate surface area is 327 Å². The molecule has 6 nitrogen and oxygen atoms in total. The summed E-state index contributed by atoms with van der Waals surface area (Å²) in [6.07, 6.45) is 0. The van der Waals surface area contributed by atoms with Crippen LogP contribution in [-0.4, -0.2) is 13.7 Å². The number of nitrogens with zero attached hydrogens (tertiary/aromatic N) is 6. The molecule has 8 aromatic carbocycles. The van der Waals surface area contributed by atoms with Crippen molar-refractivity contribution in [1.82, 2.24) is 13.7 Å². The van der Waals surface area contributed by atoms with E-state index in [2.05, 4.69) is 143 Å². The Balaban J connectivity index is 1.13. The van der Waals surface area contributed by atoms with Gasteiger partial charge in [-0.2, -0.15) is 0 Å². The van der Waals surface area contributed by atoms with Crippen molar-refractivity contribution in [2.45, 2.75) is 0 Å². The smallest absolute Gasteiger partial charge is 0.189 e. The van der Waals surface area contributed by atoms with Crippen LogP contribution >= 0.6 is 0 Å². The molecule has 0 N–H and O–H groups in total. The fraction of sp³-hybridized carbons (Fsp3) is 0. The number of aromatic nitrogens is 3. The maximum atomic E-state index is 8.11. The Morgan fingerprint density at radius 2 is 0.754 bits per heavy atom. The van der Waals surface area contributed by atoms with Crippen molar-refractivity contribution >= 4 is 82.5 Å². The van der Waals surface area contributed by atoms with Gasteiger partial charge >= 0.3 is 0 Å². The Morgan fingerprint density at radius 1 is 0.281 bits per heavy atom. The molecule has 3 heterocycles. The van der Waals surface area contributed by atoms with Crippen LogP contribution < -0.4 is 0 Å². The zero-order valence-electron chi connectivity index (χ0n) is 30.3. The summed E-state index contributed by atoms with van der Waals surface area (Å²) in [5.41, 5.74) is 12.8. The summed E-state index contributed by atoms with van der Waals surface area (Å²) < 4.78 is 6.82. The van der Waals surface area contributed by atoms with Crippen molar-refractivity contribution in [2.24, 2.45) is 0 Å². The molecule has 0 radical (unpaired) electrons. The molecule has 0 saturated carbocycles. The number of benzene rings is 8. The van der Waals surface area contributed by atoms with Crippen LogP contribution in [0.2, 0.25) is 0 Å². The van der Waals surface area contributed by atoms with Crippen molar-refractivity contribution in [1.29, 1.82) is 0 Å². The summed E-state index contributed by atoms with van der Waals surface area (Å²) in [6.45, 7) is 23.5. The maximum absolute atomic E-state index is 8.11. The fourth-order valence-electron chi connectivity index (χ4n) is 8.77. The molecule has 0 aliphatic heterocycles. The second kappa shape index (κ2) is 12.3. The first-order valence-electron chi connectivity index (χ1n) is 18.6. The lowest BCUT2D eigenvalue weighted by molar-refractivity contribution is 1.15. The minimum atomic E-state index is 0.538. The fourth-order valence-corrected chi connectivity index (χ4v) is 8.77. The molecule has 0 bridgehead atoms. The highest BCUT2D eigenvalue weighted by Crippen LogP contribution is 2.40. The SMILES string of the molecule is [C-]#[N+]c1cc(-c2cccc(-n3c4ccc([N+]#[C-])cc4c4ccc(-n5c6ccccc6c6ccccc65)cc43)c2)cc(-n2c3ccccc3c3cc([N+]#[C-])ccc32)c1. The average molecular weight is 725 g/mol. The number of para-hydroxylation sites is 3. The van der Waals surface area contributed by atoms with Gasteiger partial charge in [0, 0.05) is 38.6 Å². The normalized spacial score (nSPS) is 11.5. The van der Waals surface area contributed by atoms with Gasteiger partial charge in [0.1, 0.15) is 0 Å². The van der Waals surface area contributed by atoms with Gasteiger partial charge in [0.15, 0.2) is 17.1 Å². The summed E-state index contributed by atoms with van der Waals surface area (Å²) in [5, 5.41) is 6.56. The van der Waals surface area contributed by atoms with E-state index in [9.17, 15) is 0 Å². The monoisotopic (exact) mass is 724 g/mol. The molecule has 0 saturated heterocycles. The molecular formula is C51H28N6. The van der Waals surface area contributed by atoms with E-state index in [0.717, 1.165) is 82.8 Å². The van der Waals surface area contributed by atoms with Crippen LogP contribution in [0.15, 0.2) is 170 Å². The molecule has 11 aromatic rings. The molecule has 0 fully saturated rings. The largest absolute Gasteiger partial charge is 0.311 e. The molecule has 0 amide bonds. The van der Waals surface area contributed by atoms with E-state index in [1.807, 2.05) is 54.6 Å². The predicted molar refractivity (Wildman–Crippen MR) is 234 cm³/mol. The van der Waals surface area contributed by atoms with Crippen LogP contribution in [0.1, 0.15) is 0 Å².